The molecule has 1 N–H and O–H groups in total. The van der Waals surface area contributed by atoms with E-state index in [1.54, 1.807) is 18.2 Å². The quantitative estimate of drug-likeness (QED) is 0.877. The van der Waals surface area contributed by atoms with Crippen molar-refractivity contribution in [2.45, 2.75) is 0 Å². The third-order valence-corrected chi connectivity index (χ3v) is 2.59. The number of terminal acetylenes is 1. The molecule has 5 heteroatoms. The second-order valence-electron chi connectivity index (χ2n) is 4.10. The van der Waals surface area contributed by atoms with Gasteiger partial charge in [-0.1, -0.05) is 12.0 Å². The minimum absolute atomic E-state index is 0.0932. The van der Waals surface area contributed by atoms with Gasteiger partial charge >= 0.3 is 0 Å². The molecule has 106 valence electrons. The summed E-state index contributed by atoms with van der Waals surface area (Å²) in [5.74, 6) is 0.545. The van der Waals surface area contributed by atoms with Crippen molar-refractivity contribution in [3.05, 3.63) is 59.7 Å². The number of amides is 1. The SMILES string of the molecule is C#CCOc1cccc(NC(=O)c2cc(F)ccc2F)c1. The van der Waals surface area contributed by atoms with E-state index >= 15 is 0 Å². The average Bonchev–Trinajstić information content (AvgIpc) is 2.48. The predicted molar refractivity (Wildman–Crippen MR) is 75.1 cm³/mol. The molecule has 21 heavy (non-hydrogen) atoms. The van der Waals surface area contributed by atoms with Gasteiger partial charge in [-0.15, -0.1) is 6.42 Å². The summed E-state index contributed by atoms with van der Waals surface area (Å²) in [6.07, 6.45) is 5.08. The third kappa shape index (κ3) is 3.80. The molecule has 0 aliphatic rings. The van der Waals surface area contributed by atoms with Crippen molar-refractivity contribution in [3.63, 3.8) is 0 Å². The van der Waals surface area contributed by atoms with Gasteiger partial charge in [0.25, 0.3) is 5.91 Å². The van der Waals surface area contributed by atoms with Crippen molar-refractivity contribution < 1.29 is 18.3 Å². The topological polar surface area (TPSA) is 38.3 Å². The molecule has 0 saturated heterocycles. The first kappa shape index (κ1) is 14.5. The van der Waals surface area contributed by atoms with Gasteiger partial charge in [-0.25, -0.2) is 8.78 Å². The van der Waals surface area contributed by atoms with E-state index in [1.165, 1.54) is 6.07 Å². The van der Waals surface area contributed by atoms with E-state index in [9.17, 15) is 13.6 Å². The normalized spacial score (nSPS) is 9.76. The molecule has 2 rings (SSSR count). The second-order valence-corrected chi connectivity index (χ2v) is 4.10. The first-order valence-corrected chi connectivity index (χ1v) is 6.03. The fraction of sp³-hybridized carbons (Fsp3) is 0.0625. The molecule has 2 aromatic rings. The Morgan fingerprint density at radius 3 is 2.81 bits per heavy atom. The Hall–Kier alpha value is -2.87. The molecule has 0 aromatic heterocycles. The number of hydrogen-bond donors (Lipinski definition) is 1. The van der Waals surface area contributed by atoms with Gasteiger partial charge in [-0.3, -0.25) is 4.79 Å². The summed E-state index contributed by atoms with van der Waals surface area (Å²) in [6, 6.07) is 9.11. The van der Waals surface area contributed by atoms with Gasteiger partial charge in [-0.2, -0.15) is 0 Å². The van der Waals surface area contributed by atoms with Crippen LogP contribution in [0.2, 0.25) is 0 Å². The number of carbonyl (C=O) groups is 1. The van der Waals surface area contributed by atoms with E-state index in [-0.39, 0.29) is 12.2 Å². The zero-order valence-electron chi connectivity index (χ0n) is 10.9. The summed E-state index contributed by atoms with van der Waals surface area (Å²) in [6.45, 7) is 0.0932. The molecule has 0 fully saturated rings. The van der Waals surface area contributed by atoms with Crippen LogP contribution in [0, 0.1) is 24.0 Å². The Morgan fingerprint density at radius 1 is 1.24 bits per heavy atom. The van der Waals surface area contributed by atoms with E-state index in [0.717, 1.165) is 18.2 Å². The fourth-order valence-electron chi connectivity index (χ4n) is 1.66. The minimum atomic E-state index is -0.798. The fourth-order valence-corrected chi connectivity index (χ4v) is 1.66. The first-order chi connectivity index (χ1) is 10.1. The van der Waals surface area contributed by atoms with Crippen LogP contribution in [0.1, 0.15) is 10.4 Å². The van der Waals surface area contributed by atoms with Gasteiger partial charge in [-0.05, 0) is 30.3 Å². The Balaban J connectivity index is 2.16. The molecule has 1 amide bonds. The maximum Gasteiger partial charge on any atom is 0.258 e. The van der Waals surface area contributed by atoms with E-state index in [0.29, 0.717) is 11.4 Å². The molecular formula is C16H11F2NO2. The number of benzene rings is 2. The number of hydrogen-bond acceptors (Lipinski definition) is 2. The van der Waals surface area contributed by atoms with Crippen LogP contribution in [0.5, 0.6) is 5.75 Å². The van der Waals surface area contributed by atoms with Gasteiger partial charge in [0.1, 0.15) is 24.0 Å². The molecule has 0 radical (unpaired) electrons. The number of halogens is 2. The number of carbonyl (C=O) groups excluding carboxylic acids is 1. The zero-order chi connectivity index (χ0) is 15.2. The number of ether oxygens (including phenoxy) is 1. The average molecular weight is 287 g/mol. The lowest BCUT2D eigenvalue weighted by Gasteiger charge is -2.08. The van der Waals surface area contributed by atoms with Gasteiger partial charge in [0.05, 0.1) is 5.56 Å². The lowest BCUT2D eigenvalue weighted by molar-refractivity contribution is 0.102. The Morgan fingerprint density at radius 2 is 2.05 bits per heavy atom. The Labute approximate surface area is 120 Å². The van der Waals surface area contributed by atoms with Crippen molar-refractivity contribution >= 4 is 11.6 Å². The molecule has 3 nitrogen and oxygen atoms in total. The highest BCUT2D eigenvalue weighted by atomic mass is 19.1. The monoisotopic (exact) mass is 287 g/mol. The summed E-state index contributed by atoms with van der Waals surface area (Å²) in [5, 5.41) is 2.47. The molecule has 0 bridgehead atoms. The van der Waals surface area contributed by atoms with Crippen LogP contribution in [0.4, 0.5) is 14.5 Å². The number of nitrogens with one attached hydrogen (secondary N) is 1. The minimum Gasteiger partial charge on any atom is -0.481 e. The van der Waals surface area contributed by atoms with Crippen LogP contribution in [0.3, 0.4) is 0 Å². The zero-order valence-corrected chi connectivity index (χ0v) is 10.9. The predicted octanol–water partition coefficient (Wildman–Crippen LogP) is 3.23. The highest BCUT2D eigenvalue weighted by molar-refractivity contribution is 6.04. The second kappa shape index (κ2) is 6.53. The standard InChI is InChI=1S/C16H11F2NO2/c1-2-8-21-13-5-3-4-12(10-13)19-16(20)14-9-11(17)6-7-15(14)18/h1,3-7,9-10H,8H2,(H,19,20). The van der Waals surface area contributed by atoms with Crippen LogP contribution in [-0.2, 0) is 0 Å². The summed E-state index contributed by atoms with van der Waals surface area (Å²) in [5.41, 5.74) is 0.0168. The van der Waals surface area contributed by atoms with Crippen LogP contribution in [0.15, 0.2) is 42.5 Å². The van der Waals surface area contributed by atoms with E-state index in [4.69, 9.17) is 11.2 Å². The van der Waals surface area contributed by atoms with E-state index < -0.39 is 17.5 Å². The van der Waals surface area contributed by atoms with Crippen LogP contribution >= 0.6 is 0 Å². The van der Waals surface area contributed by atoms with Crippen LogP contribution in [-0.4, -0.2) is 12.5 Å². The van der Waals surface area contributed by atoms with E-state index in [2.05, 4.69) is 11.2 Å². The maximum atomic E-state index is 13.5. The molecular weight excluding hydrogens is 276 g/mol. The van der Waals surface area contributed by atoms with Crippen LogP contribution in [0.25, 0.3) is 0 Å². The first-order valence-electron chi connectivity index (χ1n) is 6.03. The summed E-state index contributed by atoms with van der Waals surface area (Å²) >= 11 is 0. The van der Waals surface area contributed by atoms with Crippen LogP contribution < -0.4 is 10.1 Å². The van der Waals surface area contributed by atoms with Crippen molar-refractivity contribution in [3.8, 4) is 18.1 Å². The molecule has 0 aliphatic carbocycles. The highest BCUT2D eigenvalue weighted by Gasteiger charge is 2.13. The van der Waals surface area contributed by atoms with Gasteiger partial charge < -0.3 is 10.1 Å². The van der Waals surface area contributed by atoms with Crippen molar-refractivity contribution in [2.75, 3.05) is 11.9 Å². The molecule has 0 saturated carbocycles. The molecule has 0 heterocycles. The van der Waals surface area contributed by atoms with Crippen molar-refractivity contribution in [1.82, 2.24) is 0 Å². The summed E-state index contributed by atoms with van der Waals surface area (Å²) in [4.78, 5) is 11.9. The van der Waals surface area contributed by atoms with Crippen molar-refractivity contribution in [1.29, 1.82) is 0 Å². The van der Waals surface area contributed by atoms with Gasteiger partial charge in [0.15, 0.2) is 0 Å². The Kier molecular flexibility index (Phi) is 4.52. The maximum absolute atomic E-state index is 13.5. The number of rotatable bonds is 4. The number of anilines is 1. The Bertz CT molecular complexity index is 708. The van der Waals surface area contributed by atoms with Crippen molar-refractivity contribution in [2.24, 2.45) is 0 Å². The summed E-state index contributed by atoms with van der Waals surface area (Å²) in [7, 11) is 0. The highest BCUT2D eigenvalue weighted by Crippen LogP contribution is 2.19. The largest absolute Gasteiger partial charge is 0.481 e. The molecule has 0 unspecified atom stereocenters. The molecule has 0 aliphatic heterocycles. The molecule has 0 spiro atoms. The van der Waals surface area contributed by atoms with Gasteiger partial charge in [0, 0.05) is 11.8 Å². The lowest BCUT2D eigenvalue weighted by Crippen LogP contribution is -2.14. The smallest absolute Gasteiger partial charge is 0.258 e. The summed E-state index contributed by atoms with van der Waals surface area (Å²) < 4.78 is 31.8. The molecule has 2 aromatic carbocycles. The third-order valence-electron chi connectivity index (χ3n) is 2.59. The lowest BCUT2D eigenvalue weighted by atomic mass is 10.2. The van der Waals surface area contributed by atoms with E-state index in [1.807, 2.05) is 0 Å². The molecule has 0 atom stereocenters. The van der Waals surface area contributed by atoms with Gasteiger partial charge in [0.2, 0.25) is 0 Å².